The minimum atomic E-state index is -4.36. The molecule has 160 valence electrons. The largest absolute Gasteiger partial charge is 0.416 e. The molecule has 0 bridgehead atoms. The number of halogens is 3. The predicted octanol–water partition coefficient (Wildman–Crippen LogP) is 3.55. The third-order valence-electron chi connectivity index (χ3n) is 5.56. The molecule has 2 fully saturated rings. The number of nitrogens with one attached hydrogen (secondary N) is 2. The molecule has 1 saturated heterocycles. The topological polar surface area (TPSA) is 56.7 Å². The SMILES string of the molecule is CCNC(=NCc1cccc(C(F)(F)F)c1)NC1CCN(C(=O)C2CCCC2)C1. The van der Waals surface area contributed by atoms with Crippen LogP contribution in [0.4, 0.5) is 13.2 Å². The number of hydrogen-bond acceptors (Lipinski definition) is 2. The van der Waals surface area contributed by atoms with Gasteiger partial charge in [-0.15, -0.1) is 0 Å². The smallest absolute Gasteiger partial charge is 0.357 e. The van der Waals surface area contributed by atoms with Crippen molar-refractivity contribution >= 4 is 11.9 Å². The van der Waals surface area contributed by atoms with E-state index in [9.17, 15) is 18.0 Å². The van der Waals surface area contributed by atoms with Crippen LogP contribution < -0.4 is 10.6 Å². The molecular formula is C21H29F3N4O. The Bertz CT molecular complexity index is 729. The highest BCUT2D eigenvalue weighted by Crippen LogP contribution is 2.30. The Balaban J connectivity index is 1.58. The average Bonchev–Trinajstić information content (AvgIpc) is 3.37. The van der Waals surface area contributed by atoms with Crippen LogP contribution in [-0.4, -0.2) is 42.4 Å². The molecule has 2 aliphatic rings. The molecule has 8 heteroatoms. The number of nitrogens with zero attached hydrogens (tertiary/aromatic N) is 2. The number of guanidine groups is 1. The molecule has 1 atom stereocenters. The molecule has 1 saturated carbocycles. The molecule has 5 nitrogen and oxygen atoms in total. The summed E-state index contributed by atoms with van der Waals surface area (Å²) in [6.07, 6.45) is 0.745. The van der Waals surface area contributed by atoms with E-state index in [1.165, 1.54) is 6.07 Å². The highest BCUT2D eigenvalue weighted by Gasteiger charge is 2.32. The Hall–Kier alpha value is -2.25. The first-order valence-corrected chi connectivity index (χ1v) is 10.4. The van der Waals surface area contributed by atoms with Gasteiger partial charge in [0.1, 0.15) is 0 Å². The van der Waals surface area contributed by atoms with Crippen LogP contribution in [0.2, 0.25) is 0 Å². The molecule has 1 amide bonds. The van der Waals surface area contributed by atoms with E-state index in [1.54, 1.807) is 6.07 Å². The van der Waals surface area contributed by atoms with Crippen LogP contribution in [0, 0.1) is 5.92 Å². The molecule has 3 rings (SSSR count). The number of alkyl halides is 3. The van der Waals surface area contributed by atoms with Crippen molar-refractivity contribution in [2.24, 2.45) is 10.9 Å². The lowest BCUT2D eigenvalue weighted by Gasteiger charge is -2.21. The summed E-state index contributed by atoms with van der Waals surface area (Å²) in [5.41, 5.74) is -0.165. The summed E-state index contributed by atoms with van der Waals surface area (Å²) in [5, 5.41) is 6.47. The quantitative estimate of drug-likeness (QED) is 0.577. The van der Waals surface area contributed by atoms with Gasteiger partial charge in [-0.3, -0.25) is 4.79 Å². The van der Waals surface area contributed by atoms with E-state index in [2.05, 4.69) is 15.6 Å². The Morgan fingerprint density at radius 1 is 1.24 bits per heavy atom. The molecular weight excluding hydrogens is 381 g/mol. The van der Waals surface area contributed by atoms with Crippen LogP contribution in [0.25, 0.3) is 0 Å². The third-order valence-corrected chi connectivity index (χ3v) is 5.56. The first-order chi connectivity index (χ1) is 13.9. The second-order valence-corrected chi connectivity index (χ2v) is 7.79. The Labute approximate surface area is 169 Å². The summed E-state index contributed by atoms with van der Waals surface area (Å²) in [5.74, 6) is 0.999. The maximum atomic E-state index is 12.9. The number of carbonyl (C=O) groups excluding carboxylic acids is 1. The maximum Gasteiger partial charge on any atom is 0.416 e. The van der Waals surface area contributed by atoms with E-state index in [-0.39, 0.29) is 24.4 Å². The Kier molecular flexibility index (Phi) is 7.03. The van der Waals surface area contributed by atoms with E-state index in [4.69, 9.17) is 0 Å². The summed E-state index contributed by atoms with van der Waals surface area (Å²) in [6, 6.07) is 5.33. The van der Waals surface area contributed by atoms with Crippen LogP contribution in [0.15, 0.2) is 29.3 Å². The van der Waals surface area contributed by atoms with E-state index in [0.29, 0.717) is 24.6 Å². The zero-order chi connectivity index (χ0) is 20.9. The molecule has 1 aliphatic carbocycles. The van der Waals surface area contributed by atoms with Gasteiger partial charge in [0.2, 0.25) is 5.91 Å². The van der Waals surface area contributed by atoms with Crippen LogP contribution in [-0.2, 0) is 17.5 Å². The van der Waals surface area contributed by atoms with Crippen molar-refractivity contribution in [2.45, 2.75) is 57.8 Å². The second kappa shape index (κ2) is 9.50. The van der Waals surface area contributed by atoms with E-state index >= 15 is 0 Å². The normalized spacial score (nSPS) is 20.9. The van der Waals surface area contributed by atoms with Crippen LogP contribution in [0.5, 0.6) is 0 Å². The van der Waals surface area contributed by atoms with Crippen LogP contribution >= 0.6 is 0 Å². The molecule has 1 aromatic rings. The average molecular weight is 410 g/mol. The van der Waals surface area contributed by atoms with Gasteiger partial charge < -0.3 is 15.5 Å². The van der Waals surface area contributed by atoms with Gasteiger partial charge in [0.05, 0.1) is 12.1 Å². The second-order valence-electron chi connectivity index (χ2n) is 7.79. The third kappa shape index (κ3) is 5.87. The van der Waals surface area contributed by atoms with Crippen molar-refractivity contribution in [2.75, 3.05) is 19.6 Å². The van der Waals surface area contributed by atoms with E-state index in [0.717, 1.165) is 50.8 Å². The van der Waals surface area contributed by atoms with Gasteiger partial charge in [0.15, 0.2) is 5.96 Å². The minimum absolute atomic E-state index is 0.0969. The molecule has 0 spiro atoms. The van der Waals surface area contributed by atoms with Crippen molar-refractivity contribution in [3.63, 3.8) is 0 Å². The number of amides is 1. The van der Waals surface area contributed by atoms with Crippen molar-refractivity contribution in [1.82, 2.24) is 15.5 Å². The fourth-order valence-corrected chi connectivity index (χ4v) is 4.04. The highest BCUT2D eigenvalue weighted by molar-refractivity contribution is 5.81. The van der Waals surface area contributed by atoms with Gasteiger partial charge >= 0.3 is 6.18 Å². The maximum absolute atomic E-state index is 12.9. The first-order valence-electron chi connectivity index (χ1n) is 10.4. The number of benzene rings is 1. The standard InChI is InChI=1S/C21H29F3N4O/c1-2-25-20(26-13-15-6-5-9-17(12-15)21(22,23)24)27-18-10-11-28(14-18)19(29)16-7-3-4-8-16/h5-6,9,12,16,18H,2-4,7-8,10-11,13-14H2,1H3,(H2,25,26,27). The lowest BCUT2D eigenvalue weighted by molar-refractivity contribution is -0.137. The summed E-state index contributed by atoms with van der Waals surface area (Å²) < 4.78 is 38.6. The molecule has 1 aromatic carbocycles. The molecule has 1 heterocycles. The monoisotopic (exact) mass is 410 g/mol. The minimum Gasteiger partial charge on any atom is -0.357 e. The fourth-order valence-electron chi connectivity index (χ4n) is 4.04. The Morgan fingerprint density at radius 2 is 2.00 bits per heavy atom. The van der Waals surface area contributed by atoms with Gasteiger partial charge in [-0.05, 0) is 43.9 Å². The summed E-state index contributed by atoms with van der Waals surface area (Å²) in [4.78, 5) is 19.0. The lowest BCUT2D eigenvalue weighted by Crippen LogP contribution is -2.45. The van der Waals surface area contributed by atoms with E-state index < -0.39 is 11.7 Å². The van der Waals surface area contributed by atoms with Gasteiger partial charge in [0, 0.05) is 31.6 Å². The van der Waals surface area contributed by atoms with Crippen LogP contribution in [0.1, 0.15) is 50.2 Å². The van der Waals surface area contributed by atoms with Crippen LogP contribution in [0.3, 0.4) is 0 Å². The first kappa shape index (κ1) is 21.5. The molecule has 0 aromatic heterocycles. The van der Waals surface area contributed by atoms with E-state index in [1.807, 2.05) is 11.8 Å². The number of aliphatic imine (C=N–C) groups is 1. The number of hydrogen-bond donors (Lipinski definition) is 2. The summed E-state index contributed by atoms with van der Waals surface area (Å²) in [6.45, 7) is 4.11. The molecule has 1 unspecified atom stereocenters. The highest BCUT2D eigenvalue weighted by atomic mass is 19.4. The van der Waals surface area contributed by atoms with Crippen molar-refractivity contribution in [1.29, 1.82) is 0 Å². The van der Waals surface area contributed by atoms with Gasteiger partial charge in [-0.1, -0.05) is 25.0 Å². The lowest BCUT2D eigenvalue weighted by atomic mass is 10.1. The molecule has 29 heavy (non-hydrogen) atoms. The fraction of sp³-hybridized carbons (Fsp3) is 0.619. The van der Waals surface area contributed by atoms with Crippen molar-refractivity contribution in [3.8, 4) is 0 Å². The zero-order valence-corrected chi connectivity index (χ0v) is 16.8. The number of carbonyl (C=O) groups is 1. The molecule has 0 radical (unpaired) electrons. The van der Waals surface area contributed by atoms with Gasteiger partial charge in [-0.2, -0.15) is 13.2 Å². The van der Waals surface area contributed by atoms with Crippen molar-refractivity contribution < 1.29 is 18.0 Å². The van der Waals surface area contributed by atoms with Crippen molar-refractivity contribution in [3.05, 3.63) is 35.4 Å². The summed E-state index contributed by atoms with van der Waals surface area (Å²) >= 11 is 0. The zero-order valence-electron chi connectivity index (χ0n) is 16.8. The molecule has 2 N–H and O–H groups in total. The van der Waals surface area contributed by atoms with Gasteiger partial charge in [-0.25, -0.2) is 4.99 Å². The summed E-state index contributed by atoms with van der Waals surface area (Å²) in [7, 11) is 0. The number of rotatable bonds is 5. The Morgan fingerprint density at radius 3 is 2.69 bits per heavy atom. The van der Waals surface area contributed by atoms with Gasteiger partial charge in [0.25, 0.3) is 0 Å². The predicted molar refractivity (Wildman–Crippen MR) is 106 cm³/mol. The number of likely N-dealkylation sites (tertiary alicyclic amines) is 1. The molecule has 1 aliphatic heterocycles.